The molecule has 7 heteroatoms. The molecule has 126 valence electrons. The van der Waals surface area contributed by atoms with Crippen LogP contribution in [0.4, 0.5) is 14.4 Å². The van der Waals surface area contributed by atoms with E-state index in [1.165, 1.54) is 17.0 Å². The number of benzene rings is 2. The lowest BCUT2D eigenvalue weighted by Crippen LogP contribution is -2.35. The number of hydrogen-bond acceptors (Lipinski definition) is 4. The average Bonchev–Trinajstić information content (AvgIpc) is 2.58. The van der Waals surface area contributed by atoms with Gasteiger partial charge in [-0.2, -0.15) is 8.42 Å². The molecule has 0 saturated carbocycles. The van der Waals surface area contributed by atoms with Crippen LogP contribution in [0.25, 0.3) is 0 Å². The van der Waals surface area contributed by atoms with E-state index in [4.69, 9.17) is 4.74 Å². The van der Waals surface area contributed by atoms with Gasteiger partial charge in [-0.3, -0.25) is 4.90 Å². The first kappa shape index (κ1) is 16.4. The molecule has 5 nitrogen and oxygen atoms in total. The molecular weight excluding hydrogens is 333 g/mol. The van der Waals surface area contributed by atoms with Crippen molar-refractivity contribution in [3.8, 4) is 0 Å². The van der Waals surface area contributed by atoms with Gasteiger partial charge in [0, 0.05) is 6.54 Å². The maximum atomic E-state index is 13.1. The van der Waals surface area contributed by atoms with Crippen LogP contribution < -0.4 is 4.90 Å². The molecule has 0 aromatic heterocycles. The van der Waals surface area contributed by atoms with Gasteiger partial charge in [0.2, 0.25) is 0 Å². The maximum absolute atomic E-state index is 13.1. The fourth-order valence-electron chi connectivity index (χ4n) is 2.71. The van der Waals surface area contributed by atoms with E-state index in [1.54, 1.807) is 0 Å². The Morgan fingerprint density at radius 1 is 1.17 bits per heavy atom. The lowest BCUT2D eigenvalue weighted by atomic mass is 10.0. The highest BCUT2D eigenvalue weighted by atomic mass is 32.3. The number of hydrogen-bond donors (Lipinski definition) is 0. The summed E-state index contributed by atoms with van der Waals surface area (Å²) < 4.78 is 40.5. The van der Waals surface area contributed by atoms with Crippen LogP contribution in [0.1, 0.15) is 17.5 Å². The Morgan fingerprint density at radius 3 is 2.62 bits per heavy atom. The minimum atomic E-state index is -4.75. The third-order valence-corrected chi connectivity index (χ3v) is 4.69. The van der Waals surface area contributed by atoms with Crippen LogP contribution in [-0.4, -0.2) is 21.1 Å². The van der Waals surface area contributed by atoms with Gasteiger partial charge in [-0.25, -0.2) is 4.79 Å². The Balaban J connectivity index is 1.78. The number of rotatable bonds is 3. The van der Waals surface area contributed by atoms with Crippen molar-refractivity contribution in [3.63, 3.8) is 0 Å². The van der Waals surface area contributed by atoms with Crippen molar-refractivity contribution >= 4 is 22.0 Å². The van der Waals surface area contributed by atoms with Gasteiger partial charge in [0.05, 0.1) is 10.6 Å². The highest BCUT2D eigenvalue weighted by Gasteiger charge is 2.25. The molecule has 0 spiro atoms. The van der Waals surface area contributed by atoms with Crippen LogP contribution in [0.2, 0.25) is 0 Å². The van der Waals surface area contributed by atoms with E-state index < -0.39 is 16.3 Å². The molecule has 0 atom stereocenters. The topological polar surface area (TPSA) is 63.7 Å². The Labute approximate surface area is 139 Å². The standard InChI is InChI=1S/C17H16FNO4S/c18-24(21,22)15-8-9-16-14(11-15)7-4-10-19(16)17(20)23-12-13-5-2-1-3-6-13/h1-3,5-6,8-9,11H,4,7,10,12H2. The number of halogens is 1. The van der Waals surface area contributed by atoms with Crippen molar-refractivity contribution in [2.75, 3.05) is 11.4 Å². The minimum Gasteiger partial charge on any atom is -0.444 e. The zero-order chi connectivity index (χ0) is 17.2. The largest absolute Gasteiger partial charge is 0.444 e. The van der Waals surface area contributed by atoms with Gasteiger partial charge in [0.25, 0.3) is 0 Å². The molecule has 1 aliphatic heterocycles. The molecule has 0 saturated heterocycles. The summed E-state index contributed by atoms with van der Waals surface area (Å²) in [4.78, 5) is 13.4. The number of aryl methyl sites for hydroxylation is 1. The summed E-state index contributed by atoms with van der Waals surface area (Å²) in [7, 11) is -4.75. The number of amides is 1. The number of nitrogens with zero attached hydrogens (tertiary/aromatic N) is 1. The molecule has 2 aromatic rings. The van der Waals surface area contributed by atoms with Gasteiger partial charge in [-0.15, -0.1) is 3.89 Å². The van der Waals surface area contributed by atoms with Gasteiger partial charge < -0.3 is 4.74 Å². The van der Waals surface area contributed by atoms with E-state index in [-0.39, 0.29) is 11.5 Å². The summed E-state index contributed by atoms with van der Waals surface area (Å²) in [6.07, 6.45) is 0.736. The minimum absolute atomic E-state index is 0.155. The zero-order valence-corrected chi connectivity index (χ0v) is 13.6. The lowest BCUT2D eigenvalue weighted by molar-refractivity contribution is 0.146. The predicted octanol–water partition coefficient (Wildman–Crippen LogP) is 3.43. The zero-order valence-electron chi connectivity index (χ0n) is 12.8. The molecule has 3 rings (SSSR count). The van der Waals surface area contributed by atoms with Gasteiger partial charge >= 0.3 is 16.3 Å². The third kappa shape index (κ3) is 3.56. The summed E-state index contributed by atoms with van der Waals surface area (Å²) in [6, 6.07) is 13.2. The van der Waals surface area contributed by atoms with Crippen molar-refractivity contribution in [3.05, 3.63) is 59.7 Å². The Kier molecular flexibility index (Phi) is 4.53. The molecule has 0 N–H and O–H groups in total. The smallest absolute Gasteiger partial charge is 0.414 e. The second-order valence-corrected chi connectivity index (χ2v) is 6.87. The van der Waals surface area contributed by atoms with Crippen LogP contribution in [0, 0.1) is 0 Å². The molecule has 1 amide bonds. The van der Waals surface area contributed by atoms with Gasteiger partial charge in [-0.05, 0) is 42.2 Å². The number of ether oxygens (including phenoxy) is 1. The number of anilines is 1. The summed E-state index contributed by atoms with van der Waals surface area (Å²) in [5, 5.41) is 0. The van der Waals surface area contributed by atoms with Crippen molar-refractivity contribution in [2.45, 2.75) is 24.3 Å². The highest BCUT2D eigenvalue weighted by molar-refractivity contribution is 7.86. The van der Waals surface area contributed by atoms with Gasteiger partial charge in [-0.1, -0.05) is 30.3 Å². The van der Waals surface area contributed by atoms with E-state index in [0.717, 1.165) is 11.6 Å². The van der Waals surface area contributed by atoms with E-state index >= 15 is 0 Å². The number of fused-ring (bicyclic) bond motifs is 1. The molecule has 24 heavy (non-hydrogen) atoms. The fraction of sp³-hybridized carbons (Fsp3) is 0.235. The first-order valence-electron chi connectivity index (χ1n) is 7.51. The SMILES string of the molecule is O=C(OCc1ccccc1)N1CCCc2cc(S(=O)(=O)F)ccc21. The second-order valence-electron chi connectivity index (χ2n) is 5.52. The second kappa shape index (κ2) is 6.60. The summed E-state index contributed by atoms with van der Waals surface area (Å²) in [6.45, 7) is 0.630. The highest BCUT2D eigenvalue weighted by Crippen LogP contribution is 2.30. The van der Waals surface area contributed by atoms with Crippen molar-refractivity contribution < 1.29 is 21.8 Å². The van der Waals surface area contributed by atoms with Crippen molar-refractivity contribution in [2.24, 2.45) is 0 Å². The first-order chi connectivity index (χ1) is 11.4. The monoisotopic (exact) mass is 349 g/mol. The van der Waals surface area contributed by atoms with Crippen LogP contribution in [0.3, 0.4) is 0 Å². The quantitative estimate of drug-likeness (QED) is 0.797. The molecule has 0 aliphatic carbocycles. The van der Waals surface area contributed by atoms with E-state index in [1.807, 2.05) is 30.3 Å². The fourth-order valence-corrected chi connectivity index (χ4v) is 3.23. The Morgan fingerprint density at radius 2 is 1.92 bits per heavy atom. The maximum Gasteiger partial charge on any atom is 0.414 e. The van der Waals surface area contributed by atoms with E-state index in [0.29, 0.717) is 30.6 Å². The Bertz CT molecular complexity index is 852. The molecular formula is C17H16FNO4S. The third-order valence-electron chi connectivity index (χ3n) is 3.88. The van der Waals surface area contributed by atoms with E-state index in [9.17, 15) is 17.1 Å². The van der Waals surface area contributed by atoms with E-state index in [2.05, 4.69) is 0 Å². The van der Waals surface area contributed by atoms with Crippen LogP contribution in [0.15, 0.2) is 53.4 Å². The normalized spacial score (nSPS) is 14.1. The van der Waals surface area contributed by atoms with Gasteiger partial charge in [0.1, 0.15) is 6.61 Å². The lowest BCUT2D eigenvalue weighted by Gasteiger charge is -2.28. The summed E-state index contributed by atoms with van der Waals surface area (Å²) in [5.41, 5.74) is 2.06. The number of carbonyl (C=O) groups is 1. The summed E-state index contributed by atoms with van der Waals surface area (Å²) in [5.74, 6) is 0. The molecule has 0 bridgehead atoms. The average molecular weight is 349 g/mol. The number of carbonyl (C=O) groups excluding carboxylic acids is 1. The van der Waals surface area contributed by atoms with Crippen molar-refractivity contribution in [1.82, 2.24) is 0 Å². The molecule has 2 aromatic carbocycles. The molecule has 1 heterocycles. The van der Waals surface area contributed by atoms with Crippen LogP contribution in [0.5, 0.6) is 0 Å². The van der Waals surface area contributed by atoms with Crippen LogP contribution >= 0.6 is 0 Å². The summed E-state index contributed by atoms with van der Waals surface area (Å²) >= 11 is 0. The van der Waals surface area contributed by atoms with Crippen molar-refractivity contribution in [1.29, 1.82) is 0 Å². The van der Waals surface area contributed by atoms with Gasteiger partial charge in [0.15, 0.2) is 0 Å². The Hall–Kier alpha value is -2.41. The predicted molar refractivity (Wildman–Crippen MR) is 87.0 cm³/mol. The molecule has 1 aliphatic rings. The molecule has 0 unspecified atom stereocenters. The molecule has 0 radical (unpaired) electrons. The first-order valence-corrected chi connectivity index (χ1v) is 8.89. The molecule has 0 fully saturated rings. The van der Waals surface area contributed by atoms with Crippen LogP contribution in [-0.2, 0) is 28.0 Å².